The fraction of sp³-hybridized carbons (Fsp3) is 0.0714. The van der Waals surface area contributed by atoms with Crippen LogP contribution in [0.5, 0.6) is 0 Å². The minimum atomic E-state index is -0.408. The lowest BCUT2D eigenvalue weighted by atomic mass is 10.0. The van der Waals surface area contributed by atoms with E-state index in [1.807, 2.05) is 0 Å². The number of nitrogen functional groups attached to an aromatic ring is 1. The van der Waals surface area contributed by atoms with Crippen molar-refractivity contribution in [3.8, 4) is 0 Å². The Balaban J connectivity index is 2.24. The first-order chi connectivity index (χ1) is 8.56. The quantitative estimate of drug-likeness (QED) is 0.680. The van der Waals surface area contributed by atoms with Gasteiger partial charge in [0.2, 0.25) is 0 Å². The van der Waals surface area contributed by atoms with E-state index in [0.29, 0.717) is 21.8 Å². The predicted molar refractivity (Wildman–Crippen MR) is 70.3 cm³/mol. The van der Waals surface area contributed by atoms with Crippen LogP contribution < -0.4 is 5.73 Å². The summed E-state index contributed by atoms with van der Waals surface area (Å²) in [6.07, 6.45) is 0.0556. The van der Waals surface area contributed by atoms with Crippen molar-refractivity contribution >= 4 is 23.1 Å². The van der Waals surface area contributed by atoms with Crippen molar-refractivity contribution in [3.05, 3.63) is 64.4 Å². The van der Waals surface area contributed by atoms with Crippen molar-refractivity contribution < 1.29 is 9.18 Å². The number of halogens is 2. The van der Waals surface area contributed by atoms with Gasteiger partial charge in [-0.25, -0.2) is 4.39 Å². The molecule has 2 rings (SSSR count). The Labute approximate surface area is 109 Å². The number of ketones is 1. The fourth-order valence-electron chi connectivity index (χ4n) is 1.67. The second-order valence-corrected chi connectivity index (χ2v) is 4.37. The molecule has 0 saturated heterocycles. The molecule has 2 aromatic rings. The number of carbonyl (C=O) groups excluding carboxylic acids is 1. The van der Waals surface area contributed by atoms with Gasteiger partial charge in [-0.1, -0.05) is 23.7 Å². The molecule has 4 heteroatoms. The summed E-state index contributed by atoms with van der Waals surface area (Å²) in [6.45, 7) is 0. The lowest BCUT2D eigenvalue weighted by molar-refractivity contribution is 0.0993. The maximum absolute atomic E-state index is 13.1. The zero-order valence-electron chi connectivity index (χ0n) is 9.49. The summed E-state index contributed by atoms with van der Waals surface area (Å²) in [5.74, 6) is -0.551. The number of rotatable bonds is 3. The third-order valence-electron chi connectivity index (χ3n) is 2.57. The maximum Gasteiger partial charge on any atom is 0.167 e. The van der Waals surface area contributed by atoms with Gasteiger partial charge in [0.25, 0.3) is 0 Å². The molecule has 0 atom stereocenters. The monoisotopic (exact) mass is 263 g/mol. The van der Waals surface area contributed by atoms with Gasteiger partial charge in [-0.05, 0) is 35.9 Å². The van der Waals surface area contributed by atoms with Crippen molar-refractivity contribution in [1.29, 1.82) is 0 Å². The molecule has 2 aromatic carbocycles. The Morgan fingerprint density at radius 2 is 2.00 bits per heavy atom. The molecule has 0 aromatic heterocycles. The smallest absolute Gasteiger partial charge is 0.167 e. The van der Waals surface area contributed by atoms with Crippen LogP contribution in [0.15, 0.2) is 42.5 Å². The number of anilines is 1. The minimum absolute atomic E-state index is 0.0556. The third-order valence-corrected chi connectivity index (χ3v) is 2.94. The van der Waals surface area contributed by atoms with E-state index in [9.17, 15) is 9.18 Å². The van der Waals surface area contributed by atoms with Gasteiger partial charge in [-0.2, -0.15) is 0 Å². The molecule has 0 heterocycles. The molecule has 18 heavy (non-hydrogen) atoms. The molecular formula is C14H11ClFNO. The number of carbonyl (C=O) groups is 1. The molecule has 0 aliphatic rings. The molecule has 2 nitrogen and oxygen atoms in total. The van der Waals surface area contributed by atoms with Crippen LogP contribution >= 0.6 is 11.6 Å². The molecule has 0 radical (unpaired) electrons. The Bertz CT molecular complexity index is 598. The minimum Gasteiger partial charge on any atom is -0.399 e. The van der Waals surface area contributed by atoms with Crippen molar-refractivity contribution in [2.24, 2.45) is 0 Å². The predicted octanol–water partition coefficient (Wildman–Crippen LogP) is 3.49. The molecule has 0 saturated carbocycles. The van der Waals surface area contributed by atoms with Gasteiger partial charge in [0, 0.05) is 22.7 Å². The normalized spacial score (nSPS) is 10.3. The van der Waals surface area contributed by atoms with Crippen LogP contribution in [-0.4, -0.2) is 5.78 Å². The van der Waals surface area contributed by atoms with Crippen LogP contribution in [0.2, 0.25) is 5.02 Å². The highest BCUT2D eigenvalue weighted by Crippen LogP contribution is 2.19. The van der Waals surface area contributed by atoms with E-state index in [-0.39, 0.29) is 12.2 Å². The van der Waals surface area contributed by atoms with Crippen LogP contribution in [0, 0.1) is 5.82 Å². The Hall–Kier alpha value is -1.87. The first kappa shape index (κ1) is 12.6. The van der Waals surface area contributed by atoms with Gasteiger partial charge in [-0.3, -0.25) is 4.79 Å². The summed E-state index contributed by atoms with van der Waals surface area (Å²) < 4.78 is 13.1. The molecule has 0 aliphatic carbocycles. The second-order valence-electron chi connectivity index (χ2n) is 3.96. The summed E-state index contributed by atoms with van der Waals surface area (Å²) >= 11 is 5.92. The van der Waals surface area contributed by atoms with Crippen LogP contribution in [0.3, 0.4) is 0 Å². The maximum atomic E-state index is 13.1. The first-order valence-electron chi connectivity index (χ1n) is 5.39. The van der Waals surface area contributed by atoms with Gasteiger partial charge in [0.1, 0.15) is 5.82 Å². The number of hydrogen-bond donors (Lipinski definition) is 1. The molecule has 0 aliphatic heterocycles. The molecule has 0 fully saturated rings. The zero-order valence-corrected chi connectivity index (χ0v) is 10.2. The zero-order chi connectivity index (χ0) is 13.1. The molecular weight excluding hydrogens is 253 g/mol. The molecule has 0 spiro atoms. The van der Waals surface area contributed by atoms with Crippen molar-refractivity contribution in [2.75, 3.05) is 5.73 Å². The van der Waals surface area contributed by atoms with Gasteiger partial charge in [0.05, 0.1) is 0 Å². The lowest BCUT2D eigenvalue weighted by Gasteiger charge is -2.05. The second kappa shape index (κ2) is 5.19. The van der Waals surface area contributed by atoms with E-state index >= 15 is 0 Å². The highest BCUT2D eigenvalue weighted by atomic mass is 35.5. The summed E-state index contributed by atoms with van der Waals surface area (Å²) in [7, 11) is 0. The van der Waals surface area contributed by atoms with E-state index in [2.05, 4.69) is 0 Å². The average molecular weight is 264 g/mol. The third kappa shape index (κ3) is 2.87. The van der Waals surface area contributed by atoms with E-state index in [4.69, 9.17) is 17.3 Å². The summed E-state index contributed by atoms with van der Waals surface area (Å²) in [5, 5.41) is 0.383. The van der Waals surface area contributed by atoms with Gasteiger partial charge in [-0.15, -0.1) is 0 Å². The van der Waals surface area contributed by atoms with Crippen LogP contribution in [0.4, 0.5) is 10.1 Å². The number of nitrogens with two attached hydrogens (primary N) is 1. The van der Waals surface area contributed by atoms with Crippen molar-refractivity contribution in [1.82, 2.24) is 0 Å². The van der Waals surface area contributed by atoms with Crippen LogP contribution in [0.1, 0.15) is 15.9 Å². The van der Waals surface area contributed by atoms with Crippen LogP contribution in [-0.2, 0) is 6.42 Å². The van der Waals surface area contributed by atoms with E-state index in [1.54, 1.807) is 24.3 Å². The number of hydrogen-bond acceptors (Lipinski definition) is 2. The highest BCUT2D eigenvalue weighted by molar-refractivity contribution is 6.31. The molecule has 0 amide bonds. The standard InChI is InChI=1S/C14H11ClFNO/c15-13-5-4-11(16)6-10(13)8-14(18)9-2-1-3-12(17)7-9/h1-7H,8,17H2. The molecule has 0 bridgehead atoms. The molecule has 2 N–H and O–H groups in total. The van der Waals surface area contributed by atoms with E-state index in [0.717, 1.165) is 0 Å². The summed E-state index contributed by atoms with van der Waals surface area (Å²) in [4.78, 5) is 12.0. The van der Waals surface area contributed by atoms with Crippen LogP contribution in [0.25, 0.3) is 0 Å². The topological polar surface area (TPSA) is 43.1 Å². The lowest BCUT2D eigenvalue weighted by Crippen LogP contribution is -2.05. The highest BCUT2D eigenvalue weighted by Gasteiger charge is 2.10. The SMILES string of the molecule is Nc1cccc(C(=O)Cc2cc(F)ccc2Cl)c1. The Morgan fingerprint density at radius 1 is 1.22 bits per heavy atom. The van der Waals surface area contributed by atoms with Gasteiger partial charge < -0.3 is 5.73 Å². The number of Topliss-reactive ketones (excluding diaryl/α,β-unsaturated/α-hetero) is 1. The summed E-state index contributed by atoms with van der Waals surface area (Å²) in [5.41, 5.74) is 7.10. The summed E-state index contributed by atoms with van der Waals surface area (Å²) in [6, 6.07) is 10.6. The van der Waals surface area contributed by atoms with Crippen molar-refractivity contribution in [2.45, 2.75) is 6.42 Å². The number of benzene rings is 2. The van der Waals surface area contributed by atoms with E-state index < -0.39 is 5.82 Å². The average Bonchev–Trinajstić information content (AvgIpc) is 2.34. The fourth-order valence-corrected chi connectivity index (χ4v) is 1.85. The largest absolute Gasteiger partial charge is 0.399 e. The van der Waals surface area contributed by atoms with Gasteiger partial charge >= 0.3 is 0 Å². The first-order valence-corrected chi connectivity index (χ1v) is 5.77. The van der Waals surface area contributed by atoms with Crippen molar-refractivity contribution in [3.63, 3.8) is 0 Å². The Kier molecular flexibility index (Phi) is 3.63. The molecule has 0 unspecified atom stereocenters. The van der Waals surface area contributed by atoms with Gasteiger partial charge in [0.15, 0.2) is 5.78 Å². The van der Waals surface area contributed by atoms with E-state index in [1.165, 1.54) is 18.2 Å². The molecule has 92 valence electrons. The Morgan fingerprint density at radius 3 is 2.72 bits per heavy atom.